The minimum Gasteiger partial charge on any atom is -0.281 e. The van der Waals surface area contributed by atoms with Crippen LogP contribution in [0.2, 0.25) is 0 Å². The topological polar surface area (TPSA) is 17.1 Å². The van der Waals surface area contributed by atoms with Gasteiger partial charge in [-0.05, 0) is 30.4 Å². The maximum absolute atomic E-state index is 10.9. The van der Waals surface area contributed by atoms with Crippen molar-refractivity contribution in [2.75, 3.05) is 0 Å². The summed E-state index contributed by atoms with van der Waals surface area (Å²) in [6.07, 6.45) is 2.91. The van der Waals surface area contributed by atoms with Crippen LogP contribution in [0.1, 0.15) is 27.2 Å². The molecule has 1 aliphatic rings. The highest BCUT2D eigenvalue weighted by Crippen LogP contribution is 2.43. The third-order valence-corrected chi connectivity index (χ3v) is 3.08. The van der Waals surface area contributed by atoms with Crippen LogP contribution in [0.25, 0.3) is 0 Å². The van der Waals surface area contributed by atoms with Crippen LogP contribution in [0.3, 0.4) is 0 Å². The molecule has 0 saturated carbocycles. The van der Waals surface area contributed by atoms with E-state index in [0.29, 0.717) is 0 Å². The molecule has 1 rings (SSSR count). The Morgan fingerprint density at radius 2 is 2.27 bits per heavy atom. The second-order valence-electron chi connectivity index (χ2n) is 3.70. The summed E-state index contributed by atoms with van der Waals surface area (Å²) in [5.41, 5.74) is 1.25. The quantitative estimate of drug-likeness (QED) is 0.439. The average Bonchev–Trinajstić information content (AvgIpc) is 2.08. The summed E-state index contributed by atoms with van der Waals surface area (Å²) in [4.78, 5) is 10.9. The molecule has 0 radical (unpaired) electrons. The van der Waals surface area contributed by atoms with Crippen molar-refractivity contribution in [3.63, 3.8) is 0 Å². The minimum absolute atomic E-state index is 0.0100. The summed E-state index contributed by atoms with van der Waals surface area (Å²) < 4.78 is 0. The van der Waals surface area contributed by atoms with Crippen LogP contribution in [-0.2, 0) is 4.79 Å². The number of hydrogen-bond donors (Lipinski definition) is 0. The van der Waals surface area contributed by atoms with Gasteiger partial charge < -0.3 is 0 Å². The van der Waals surface area contributed by atoms with Gasteiger partial charge in [-0.1, -0.05) is 25.5 Å². The van der Waals surface area contributed by atoms with Crippen molar-refractivity contribution >= 4 is 16.8 Å². The summed E-state index contributed by atoms with van der Waals surface area (Å²) in [5, 5.41) is -0.205. The highest BCUT2D eigenvalue weighted by atomic mass is 35.5. The third-order valence-electron chi connectivity index (χ3n) is 2.82. The van der Waals surface area contributed by atoms with Gasteiger partial charge in [0.1, 0.15) is 0 Å². The fourth-order valence-corrected chi connectivity index (χ4v) is 1.87. The first-order chi connectivity index (χ1) is 4.96. The first kappa shape index (κ1) is 8.79. The van der Waals surface area contributed by atoms with Crippen molar-refractivity contribution in [3.8, 4) is 0 Å². The molecule has 0 fully saturated rings. The van der Waals surface area contributed by atoms with E-state index in [2.05, 4.69) is 26.8 Å². The van der Waals surface area contributed by atoms with Gasteiger partial charge in [0, 0.05) is 5.92 Å². The molecule has 11 heavy (non-hydrogen) atoms. The summed E-state index contributed by atoms with van der Waals surface area (Å²) in [6, 6.07) is 0. The molecule has 0 aliphatic heterocycles. The summed E-state index contributed by atoms with van der Waals surface area (Å²) in [5.74, 6) is -0.0100. The lowest BCUT2D eigenvalue weighted by atomic mass is 9.78. The number of hydrogen-bond acceptors (Lipinski definition) is 1. The summed E-state index contributed by atoms with van der Waals surface area (Å²) in [7, 11) is 0. The van der Waals surface area contributed by atoms with Crippen LogP contribution in [-0.4, -0.2) is 5.24 Å². The molecule has 0 aromatic carbocycles. The Morgan fingerprint density at radius 1 is 1.73 bits per heavy atom. The monoisotopic (exact) mass is 172 g/mol. The molecular weight excluding hydrogens is 160 g/mol. The molecule has 1 aliphatic carbocycles. The first-order valence-electron chi connectivity index (χ1n) is 3.83. The molecule has 0 amide bonds. The van der Waals surface area contributed by atoms with E-state index >= 15 is 0 Å². The zero-order valence-corrected chi connectivity index (χ0v) is 7.90. The lowest BCUT2D eigenvalue weighted by molar-refractivity contribution is -0.117. The van der Waals surface area contributed by atoms with Gasteiger partial charge in [0.25, 0.3) is 0 Å². The fraction of sp³-hybridized carbons (Fsp3) is 0.667. The van der Waals surface area contributed by atoms with Crippen molar-refractivity contribution in [1.29, 1.82) is 0 Å². The van der Waals surface area contributed by atoms with Crippen LogP contribution < -0.4 is 0 Å². The molecule has 2 heteroatoms. The molecule has 0 saturated heterocycles. The molecule has 1 unspecified atom stereocenters. The van der Waals surface area contributed by atoms with Crippen LogP contribution in [0, 0.1) is 11.3 Å². The molecule has 0 bridgehead atoms. The van der Waals surface area contributed by atoms with E-state index in [-0.39, 0.29) is 16.6 Å². The van der Waals surface area contributed by atoms with E-state index in [1.165, 1.54) is 5.57 Å². The Balaban J connectivity index is 2.86. The second-order valence-corrected chi connectivity index (χ2v) is 4.07. The van der Waals surface area contributed by atoms with Crippen LogP contribution >= 0.6 is 11.6 Å². The van der Waals surface area contributed by atoms with E-state index < -0.39 is 0 Å². The number of rotatable bonds is 1. The van der Waals surface area contributed by atoms with Gasteiger partial charge >= 0.3 is 0 Å². The van der Waals surface area contributed by atoms with Gasteiger partial charge in [0.05, 0.1) is 0 Å². The zero-order valence-electron chi connectivity index (χ0n) is 7.15. The predicted molar refractivity (Wildman–Crippen MR) is 46.5 cm³/mol. The van der Waals surface area contributed by atoms with Crippen molar-refractivity contribution < 1.29 is 4.79 Å². The number of carbonyl (C=O) groups is 1. The van der Waals surface area contributed by atoms with Gasteiger partial charge in [-0.2, -0.15) is 0 Å². The zero-order chi connectivity index (χ0) is 8.65. The van der Waals surface area contributed by atoms with Crippen molar-refractivity contribution in [3.05, 3.63) is 11.6 Å². The van der Waals surface area contributed by atoms with Gasteiger partial charge in [-0.25, -0.2) is 0 Å². The molecule has 0 heterocycles. The highest BCUT2D eigenvalue weighted by molar-refractivity contribution is 6.64. The normalized spacial score (nSPS) is 28.4. The Bertz CT molecular complexity index is 216. The van der Waals surface area contributed by atoms with Gasteiger partial charge in [0.15, 0.2) is 0 Å². The Labute approximate surface area is 72.4 Å². The number of carbonyl (C=O) groups excluding carboxylic acids is 1. The standard InChI is InChI=1S/C9H13ClO/c1-6-4-5-7(8(10)11)9(6,2)3/h4,7H,5H2,1-3H3. The van der Waals surface area contributed by atoms with Crippen LogP contribution in [0.15, 0.2) is 11.6 Å². The van der Waals surface area contributed by atoms with E-state index in [1.54, 1.807) is 0 Å². The van der Waals surface area contributed by atoms with Gasteiger partial charge in [-0.3, -0.25) is 4.79 Å². The maximum Gasteiger partial charge on any atom is 0.225 e. The number of halogens is 1. The smallest absolute Gasteiger partial charge is 0.225 e. The van der Waals surface area contributed by atoms with Crippen molar-refractivity contribution in [2.24, 2.45) is 11.3 Å². The molecule has 0 aromatic rings. The second kappa shape index (κ2) is 2.63. The molecule has 0 aromatic heterocycles. The molecule has 1 atom stereocenters. The maximum atomic E-state index is 10.9. The minimum atomic E-state index is -0.205. The predicted octanol–water partition coefficient (Wildman–Crippen LogP) is 2.74. The summed E-state index contributed by atoms with van der Waals surface area (Å²) >= 11 is 5.46. The lowest BCUT2D eigenvalue weighted by Crippen LogP contribution is -2.24. The number of allylic oxidation sites excluding steroid dienone is 2. The molecule has 1 nitrogen and oxygen atoms in total. The van der Waals surface area contributed by atoms with E-state index in [4.69, 9.17) is 11.6 Å². The molecule has 62 valence electrons. The Morgan fingerprint density at radius 3 is 2.45 bits per heavy atom. The van der Waals surface area contributed by atoms with E-state index in [0.717, 1.165) is 6.42 Å². The van der Waals surface area contributed by atoms with Crippen molar-refractivity contribution in [1.82, 2.24) is 0 Å². The van der Waals surface area contributed by atoms with Crippen molar-refractivity contribution in [2.45, 2.75) is 27.2 Å². The van der Waals surface area contributed by atoms with Crippen LogP contribution in [0.5, 0.6) is 0 Å². The fourth-order valence-electron chi connectivity index (χ4n) is 1.50. The molecule has 0 spiro atoms. The first-order valence-corrected chi connectivity index (χ1v) is 4.20. The molecular formula is C9H13ClO. The van der Waals surface area contributed by atoms with Crippen LogP contribution in [0.4, 0.5) is 0 Å². The Kier molecular flexibility index (Phi) is 2.10. The molecule has 0 N–H and O–H groups in total. The third kappa shape index (κ3) is 1.34. The highest BCUT2D eigenvalue weighted by Gasteiger charge is 2.38. The average molecular weight is 173 g/mol. The van der Waals surface area contributed by atoms with E-state index in [1.807, 2.05) is 0 Å². The van der Waals surface area contributed by atoms with Gasteiger partial charge in [0.2, 0.25) is 5.24 Å². The Hall–Kier alpha value is -0.300. The lowest BCUT2D eigenvalue weighted by Gasteiger charge is -2.26. The summed E-state index contributed by atoms with van der Waals surface area (Å²) in [6.45, 7) is 6.19. The van der Waals surface area contributed by atoms with Gasteiger partial charge in [-0.15, -0.1) is 0 Å². The largest absolute Gasteiger partial charge is 0.281 e. The van der Waals surface area contributed by atoms with E-state index in [9.17, 15) is 4.79 Å². The SMILES string of the molecule is CC1=CCC(C(=O)Cl)C1(C)C.